The van der Waals surface area contributed by atoms with Crippen LogP contribution < -0.4 is 15.1 Å². The van der Waals surface area contributed by atoms with Gasteiger partial charge < -0.3 is 25.1 Å². The Balaban J connectivity index is 1.16. The molecule has 1 unspecified atom stereocenters. The van der Waals surface area contributed by atoms with E-state index < -0.39 is 0 Å². The Bertz CT molecular complexity index is 1480. The first-order valence-electron chi connectivity index (χ1n) is 13.2. The number of allylic oxidation sites excluding steroid dienone is 1. The molecular weight excluding hydrogens is 553 g/mol. The van der Waals surface area contributed by atoms with Gasteiger partial charge in [-0.2, -0.15) is 9.78 Å². The van der Waals surface area contributed by atoms with E-state index in [2.05, 4.69) is 33.0 Å². The number of piperazine rings is 1. The maximum absolute atomic E-state index is 13.5. The number of aromatic nitrogens is 3. The molecular formula is C26H30FN9O2S2. The Morgan fingerprint density at radius 2 is 1.98 bits per heavy atom. The van der Waals surface area contributed by atoms with Gasteiger partial charge in [0.15, 0.2) is 11.3 Å². The fourth-order valence-corrected chi connectivity index (χ4v) is 7.10. The number of nitrogens with zero attached hydrogens (tertiary/aromatic N) is 8. The molecule has 2 N–H and O–H groups in total. The van der Waals surface area contributed by atoms with Gasteiger partial charge in [-0.3, -0.25) is 9.69 Å². The van der Waals surface area contributed by atoms with E-state index in [1.165, 1.54) is 23.9 Å². The maximum atomic E-state index is 13.5. The second-order valence-electron chi connectivity index (χ2n) is 10.1. The second kappa shape index (κ2) is 10.9. The molecule has 0 aliphatic carbocycles. The molecule has 3 aromatic rings. The van der Waals surface area contributed by atoms with Crippen LogP contribution in [0.2, 0.25) is 0 Å². The summed E-state index contributed by atoms with van der Waals surface area (Å²) >= 11 is 2.96. The normalized spacial score (nSPS) is 20.1. The zero-order chi connectivity index (χ0) is 28.0. The van der Waals surface area contributed by atoms with Crippen LogP contribution in [0.3, 0.4) is 0 Å². The van der Waals surface area contributed by atoms with E-state index >= 15 is 0 Å². The van der Waals surface area contributed by atoms with Gasteiger partial charge in [0, 0.05) is 46.3 Å². The van der Waals surface area contributed by atoms with E-state index in [1.807, 2.05) is 11.6 Å². The molecule has 40 heavy (non-hydrogen) atoms. The standard InChI is InChI=1S/C26H30FN9O2S2/c1-3-19-23(32(2)24-30-22(20(12-28)39-24)16-4-6-17(27)7-5-16)36-25(29-19)40-26(31-36)34-10-8-33(9-11-34)15-21(38)35-13-18(37)14-35/h4-7,18,24,30,37H,3,8-11,13-15H2,1-2H3. The van der Waals surface area contributed by atoms with Crippen LogP contribution in [0.5, 0.6) is 0 Å². The highest BCUT2D eigenvalue weighted by Gasteiger charge is 2.33. The van der Waals surface area contributed by atoms with Crippen LogP contribution in [-0.4, -0.2) is 99.9 Å². The largest absolute Gasteiger partial charge is 0.389 e. The topological polar surface area (TPSA) is 116 Å². The lowest BCUT2D eigenvalue weighted by Gasteiger charge is -2.39. The summed E-state index contributed by atoms with van der Waals surface area (Å²) in [6, 6.07) is 8.40. The predicted molar refractivity (Wildman–Crippen MR) is 153 cm³/mol. The number of hydrogen-bond donors (Lipinski definition) is 2. The van der Waals surface area contributed by atoms with Gasteiger partial charge in [-0.05, 0) is 36.2 Å². The summed E-state index contributed by atoms with van der Waals surface area (Å²) in [7, 11) is 1.96. The van der Waals surface area contributed by atoms with Crippen molar-refractivity contribution < 1.29 is 14.3 Å². The molecule has 11 nitrogen and oxygen atoms in total. The zero-order valence-corrected chi connectivity index (χ0v) is 23.9. The number of halogens is 1. The molecule has 210 valence electrons. The van der Waals surface area contributed by atoms with Crippen molar-refractivity contribution in [1.29, 1.82) is 5.26 Å². The monoisotopic (exact) mass is 583 g/mol. The second-order valence-corrected chi connectivity index (χ2v) is 12.1. The van der Waals surface area contributed by atoms with Crippen molar-refractivity contribution in [2.45, 2.75) is 24.9 Å². The van der Waals surface area contributed by atoms with Gasteiger partial charge in [-0.25, -0.2) is 9.37 Å². The number of β-amino-alcohol motifs (C(OH)–C–C–N with tert-alkyl or cyclic N) is 1. The van der Waals surface area contributed by atoms with E-state index in [-0.39, 0.29) is 23.3 Å². The van der Waals surface area contributed by atoms with Gasteiger partial charge >= 0.3 is 0 Å². The predicted octanol–water partition coefficient (Wildman–Crippen LogP) is 1.77. The number of anilines is 2. The smallest absolute Gasteiger partial charge is 0.236 e. The highest BCUT2D eigenvalue weighted by molar-refractivity contribution is 8.04. The van der Waals surface area contributed by atoms with Crippen molar-refractivity contribution in [2.24, 2.45) is 0 Å². The number of nitriles is 1. The Hall–Kier alpha value is -3.38. The number of aryl methyl sites for hydroxylation is 1. The molecule has 2 aromatic heterocycles. The van der Waals surface area contributed by atoms with Crippen LogP contribution in [-0.2, 0) is 11.2 Å². The fraction of sp³-hybridized carbons (Fsp3) is 0.462. The molecule has 0 spiro atoms. The third-order valence-corrected chi connectivity index (χ3v) is 9.59. The van der Waals surface area contributed by atoms with Gasteiger partial charge in [-0.1, -0.05) is 30.0 Å². The molecule has 1 atom stereocenters. The van der Waals surface area contributed by atoms with Crippen molar-refractivity contribution in [3.05, 3.63) is 46.2 Å². The number of carbonyl (C=O) groups is 1. The van der Waals surface area contributed by atoms with Crippen LogP contribution in [0.15, 0.2) is 29.2 Å². The quantitative estimate of drug-likeness (QED) is 0.426. The number of carbonyl (C=O) groups excluding carboxylic acids is 1. The first-order chi connectivity index (χ1) is 19.3. The summed E-state index contributed by atoms with van der Waals surface area (Å²) < 4.78 is 15.4. The minimum atomic E-state index is -0.383. The number of nitrogens with one attached hydrogen (secondary N) is 1. The van der Waals surface area contributed by atoms with Crippen molar-refractivity contribution >= 4 is 50.6 Å². The zero-order valence-electron chi connectivity index (χ0n) is 22.2. The Labute approximate surface area is 239 Å². The molecule has 3 aliphatic rings. The number of hydrogen-bond acceptors (Lipinski definition) is 11. The van der Waals surface area contributed by atoms with Gasteiger partial charge in [0.05, 0.1) is 24.0 Å². The van der Waals surface area contributed by atoms with E-state index in [4.69, 9.17) is 10.1 Å². The average Bonchev–Trinajstić information content (AvgIpc) is 3.64. The number of fused-ring (bicyclic) bond motifs is 1. The highest BCUT2D eigenvalue weighted by atomic mass is 32.2. The number of rotatable bonds is 7. The molecule has 5 heterocycles. The molecule has 2 saturated heterocycles. The summed E-state index contributed by atoms with van der Waals surface area (Å²) in [5.74, 6) is 0.614. The van der Waals surface area contributed by atoms with Crippen LogP contribution in [0, 0.1) is 17.1 Å². The highest BCUT2D eigenvalue weighted by Crippen LogP contribution is 2.39. The van der Waals surface area contributed by atoms with Gasteiger partial charge in [0.25, 0.3) is 0 Å². The van der Waals surface area contributed by atoms with Crippen molar-refractivity contribution in [1.82, 2.24) is 29.7 Å². The Morgan fingerprint density at radius 1 is 1.25 bits per heavy atom. The molecule has 0 saturated carbocycles. The average molecular weight is 584 g/mol. The number of aliphatic hydroxyl groups is 1. The minimum absolute atomic E-state index is 0.0706. The van der Waals surface area contributed by atoms with Crippen molar-refractivity contribution in [3.8, 4) is 6.07 Å². The summed E-state index contributed by atoms with van der Waals surface area (Å²) in [5, 5.41) is 28.5. The number of likely N-dealkylation sites (tertiary alicyclic amines) is 1. The molecule has 3 aliphatic heterocycles. The van der Waals surface area contributed by atoms with Gasteiger partial charge in [-0.15, -0.1) is 5.10 Å². The minimum Gasteiger partial charge on any atom is -0.389 e. The molecule has 6 rings (SSSR count). The Kier molecular flexibility index (Phi) is 7.30. The third kappa shape index (κ3) is 4.98. The molecule has 1 amide bonds. The number of imidazole rings is 1. The van der Waals surface area contributed by atoms with Crippen molar-refractivity contribution in [2.75, 3.05) is 62.7 Å². The van der Waals surface area contributed by atoms with Crippen LogP contribution in [0.1, 0.15) is 18.2 Å². The van der Waals surface area contributed by atoms with Crippen LogP contribution >= 0.6 is 23.1 Å². The first kappa shape index (κ1) is 26.8. The van der Waals surface area contributed by atoms with E-state index in [0.29, 0.717) is 30.2 Å². The van der Waals surface area contributed by atoms with Gasteiger partial charge in [0.2, 0.25) is 16.0 Å². The Morgan fingerprint density at radius 3 is 2.62 bits per heavy atom. The summed E-state index contributed by atoms with van der Waals surface area (Å²) in [6.07, 6.45) is 0.346. The molecule has 2 fully saturated rings. The van der Waals surface area contributed by atoms with E-state index in [0.717, 1.165) is 59.8 Å². The SMILES string of the molecule is CCc1nc2sc(N3CCN(CC(=O)N4CC(O)C4)CC3)nn2c1N(C)C1NC(c2ccc(F)cc2)=C(C#N)S1. The molecule has 14 heteroatoms. The van der Waals surface area contributed by atoms with Gasteiger partial charge in [0.1, 0.15) is 16.8 Å². The summed E-state index contributed by atoms with van der Waals surface area (Å²) in [5.41, 5.74) is 2.10. The third-order valence-electron chi connectivity index (χ3n) is 7.43. The molecule has 0 radical (unpaired) electrons. The number of benzene rings is 1. The number of thioether (sulfide) groups is 1. The summed E-state index contributed by atoms with van der Waals surface area (Å²) in [6.45, 7) is 6.34. The maximum Gasteiger partial charge on any atom is 0.236 e. The first-order valence-corrected chi connectivity index (χ1v) is 14.9. The van der Waals surface area contributed by atoms with Crippen LogP contribution in [0.4, 0.5) is 15.3 Å². The number of amides is 1. The molecule has 1 aromatic carbocycles. The molecule has 0 bridgehead atoms. The number of aliphatic hydroxyl groups excluding tert-OH is 1. The summed E-state index contributed by atoms with van der Waals surface area (Å²) in [4.78, 5) is 26.7. The lowest BCUT2D eigenvalue weighted by atomic mass is 10.1. The lowest BCUT2D eigenvalue weighted by Crippen LogP contribution is -2.57. The van der Waals surface area contributed by atoms with E-state index in [1.54, 1.807) is 28.4 Å². The van der Waals surface area contributed by atoms with Crippen LogP contribution in [0.25, 0.3) is 10.7 Å². The lowest BCUT2D eigenvalue weighted by molar-refractivity contribution is -0.142. The van der Waals surface area contributed by atoms with E-state index in [9.17, 15) is 19.6 Å². The van der Waals surface area contributed by atoms with Crippen molar-refractivity contribution in [3.63, 3.8) is 0 Å². The fourth-order valence-electron chi connectivity index (χ4n) is 5.12.